The average molecular weight is 396 g/mol. The van der Waals surface area contributed by atoms with Gasteiger partial charge >= 0.3 is 5.97 Å². The number of fused-ring (bicyclic) bond motifs is 4. The molecular formula is C23H28N2O4. The summed E-state index contributed by atoms with van der Waals surface area (Å²) in [4.78, 5) is 30.5. The van der Waals surface area contributed by atoms with E-state index in [-0.39, 0.29) is 12.0 Å². The maximum absolute atomic E-state index is 13.6. The minimum atomic E-state index is -0.673. The smallest absolute Gasteiger partial charge is 0.319 e. The third kappa shape index (κ3) is 2.72. The first-order valence-corrected chi connectivity index (χ1v) is 10.8. The van der Waals surface area contributed by atoms with Gasteiger partial charge in [-0.15, -0.1) is 0 Å². The number of esters is 1. The minimum Gasteiger partial charge on any atom is -0.468 e. The monoisotopic (exact) mass is 396 g/mol. The SMILES string of the molecule is CCOC(=O)C12C[C@@H]3CC(CCOC=O)C1N(CCc1c2[nH]c2ccccc12)C3. The second-order valence-electron chi connectivity index (χ2n) is 8.73. The van der Waals surface area contributed by atoms with Gasteiger partial charge in [0.15, 0.2) is 0 Å². The molecule has 4 unspecified atom stereocenters. The van der Waals surface area contributed by atoms with Crippen LogP contribution in [0.15, 0.2) is 24.3 Å². The number of para-hydroxylation sites is 1. The van der Waals surface area contributed by atoms with Gasteiger partial charge in [-0.1, -0.05) is 18.2 Å². The number of nitrogens with zero attached hydrogens (tertiary/aromatic N) is 1. The molecule has 6 rings (SSSR count). The number of ether oxygens (including phenoxy) is 2. The van der Waals surface area contributed by atoms with E-state index in [1.807, 2.05) is 13.0 Å². The van der Waals surface area contributed by atoms with E-state index in [4.69, 9.17) is 9.47 Å². The van der Waals surface area contributed by atoms with Crippen molar-refractivity contribution in [2.75, 3.05) is 26.3 Å². The second kappa shape index (κ2) is 7.17. The Morgan fingerprint density at radius 2 is 2.24 bits per heavy atom. The number of benzene rings is 1. The lowest BCUT2D eigenvalue weighted by atomic mass is 9.56. The van der Waals surface area contributed by atoms with Gasteiger partial charge in [0.25, 0.3) is 6.47 Å². The zero-order valence-electron chi connectivity index (χ0n) is 16.9. The predicted octanol–water partition coefficient (Wildman–Crippen LogP) is 2.80. The summed E-state index contributed by atoms with van der Waals surface area (Å²) in [7, 11) is 0. The molecule has 4 aliphatic rings. The molecule has 6 nitrogen and oxygen atoms in total. The standard InChI is InChI=1S/C23H28N2O4/c1-2-29-22(27)23-12-15-11-16(8-10-28-14-26)21(23)25(13-15)9-7-18-17-5-3-4-6-19(17)24-20(18)23/h3-6,14-16,21,24H,2,7-13H2,1H3/t15-,16?,21?,23?/m0/s1. The summed E-state index contributed by atoms with van der Waals surface area (Å²) >= 11 is 0. The number of hydrogen-bond acceptors (Lipinski definition) is 5. The highest BCUT2D eigenvalue weighted by Gasteiger charge is 2.63. The second-order valence-corrected chi connectivity index (χ2v) is 8.73. The van der Waals surface area contributed by atoms with E-state index in [1.165, 1.54) is 10.9 Å². The highest BCUT2D eigenvalue weighted by atomic mass is 16.5. The average Bonchev–Trinajstić information content (AvgIpc) is 3.07. The molecule has 154 valence electrons. The van der Waals surface area contributed by atoms with Gasteiger partial charge in [0.05, 0.1) is 13.2 Å². The fraction of sp³-hybridized carbons (Fsp3) is 0.565. The first kappa shape index (κ1) is 18.7. The van der Waals surface area contributed by atoms with E-state index in [0.29, 0.717) is 31.5 Å². The van der Waals surface area contributed by atoms with Crippen molar-refractivity contribution in [2.24, 2.45) is 11.8 Å². The number of aromatic amines is 1. The van der Waals surface area contributed by atoms with Crippen LogP contribution in [0.4, 0.5) is 0 Å². The van der Waals surface area contributed by atoms with Crippen LogP contribution in [0.1, 0.15) is 37.4 Å². The maximum Gasteiger partial charge on any atom is 0.319 e. The molecule has 2 aromatic rings. The van der Waals surface area contributed by atoms with Crippen LogP contribution in [-0.2, 0) is 30.9 Å². The van der Waals surface area contributed by atoms with Crippen molar-refractivity contribution in [1.29, 1.82) is 0 Å². The fourth-order valence-electron chi connectivity index (χ4n) is 6.50. The van der Waals surface area contributed by atoms with Crippen LogP contribution in [0.25, 0.3) is 10.9 Å². The van der Waals surface area contributed by atoms with Crippen LogP contribution in [0, 0.1) is 11.8 Å². The number of rotatable bonds is 6. The Kier molecular flexibility index (Phi) is 4.62. The third-order valence-electron chi connectivity index (χ3n) is 7.31. The molecule has 0 radical (unpaired) electrons. The van der Waals surface area contributed by atoms with Crippen LogP contribution in [0.3, 0.4) is 0 Å². The molecule has 0 spiro atoms. The van der Waals surface area contributed by atoms with Crippen LogP contribution < -0.4 is 0 Å². The predicted molar refractivity (Wildman–Crippen MR) is 109 cm³/mol. The van der Waals surface area contributed by atoms with E-state index >= 15 is 0 Å². The van der Waals surface area contributed by atoms with Crippen LogP contribution in [0.5, 0.6) is 0 Å². The van der Waals surface area contributed by atoms with Crippen LogP contribution in [-0.4, -0.2) is 54.7 Å². The molecule has 1 N–H and O–H groups in total. The zero-order valence-corrected chi connectivity index (χ0v) is 16.9. The molecule has 5 atom stereocenters. The molecule has 4 bridgehead atoms. The Bertz CT molecular complexity index is 938. The summed E-state index contributed by atoms with van der Waals surface area (Å²) in [5.74, 6) is 0.655. The Balaban J connectivity index is 1.67. The molecule has 0 amide bonds. The van der Waals surface area contributed by atoms with Crippen LogP contribution >= 0.6 is 0 Å². The van der Waals surface area contributed by atoms with Gasteiger partial charge in [0, 0.05) is 35.7 Å². The number of aromatic nitrogens is 1. The Hall–Kier alpha value is -2.34. The lowest BCUT2D eigenvalue weighted by Gasteiger charge is -2.58. The molecule has 3 fully saturated rings. The largest absolute Gasteiger partial charge is 0.468 e. The molecule has 29 heavy (non-hydrogen) atoms. The quantitative estimate of drug-likeness (QED) is 0.462. The van der Waals surface area contributed by atoms with Crippen molar-refractivity contribution < 1.29 is 19.1 Å². The van der Waals surface area contributed by atoms with E-state index in [0.717, 1.165) is 50.0 Å². The molecule has 1 aliphatic carbocycles. The number of carbonyl (C=O) groups is 2. The van der Waals surface area contributed by atoms with E-state index in [9.17, 15) is 9.59 Å². The Labute approximate surface area is 170 Å². The zero-order chi connectivity index (χ0) is 20.0. The Morgan fingerprint density at radius 3 is 3.07 bits per heavy atom. The van der Waals surface area contributed by atoms with Gasteiger partial charge < -0.3 is 14.5 Å². The normalized spacial score (nSPS) is 32.4. The number of nitrogens with one attached hydrogen (secondary N) is 1. The van der Waals surface area contributed by atoms with Gasteiger partial charge in [-0.05, 0) is 56.1 Å². The summed E-state index contributed by atoms with van der Waals surface area (Å²) in [5.41, 5.74) is 2.76. The molecule has 6 heteroatoms. The number of piperidine rings is 2. The number of hydrogen-bond donors (Lipinski definition) is 1. The van der Waals surface area contributed by atoms with Gasteiger partial charge in [0.2, 0.25) is 0 Å². The molecule has 1 aromatic heterocycles. The van der Waals surface area contributed by atoms with Crippen molar-refractivity contribution in [3.05, 3.63) is 35.5 Å². The minimum absolute atomic E-state index is 0.0797. The van der Waals surface area contributed by atoms with E-state index in [1.54, 1.807) is 0 Å². The lowest BCUT2D eigenvalue weighted by Crippen LogP contribution is -2.67. The molecule has 4 heterocycles. The third-order valence-corrected chi connectivity index (χ3v) is 7.31. The summed E-state index contributed by atoms with van der Waals surface area (Å²) in [6.45, 7) is 5.17. The first-order valence-electron chi connectivity index (χ1n) is 10.8. The summed E-state index contributed by atoms with van der Waals surface area (Å²) < 4.78 is 10.8. The van der Waals surface area contributed by atoms with Gasteiger partial charge in [-0.2, -0.15) is 0 Å². The molecule has 3 aliphatic heterocycles. The topological polar surface area (TPSA) is 71.6 Å². The van der Waals surface area contributed by atoms with Gasteiger partial charge in [0.1, 0.15) is 5.41 Å². The van der Waals surface area contributed by atoms with Gasteiger partial charge in [-0.25, -0.2) is 0 Å². The molecule has 1 aromatic carbocycles. The molecule has 2 saturated heterocycles. The van der Waals surface area contributed by atoms with Crippen molar-refractivity contribution in [2.45, 2.75) is 44.1 Å². The Morgan fingerprint density at radius 1 is 1.38 bits per heavy atom. The summed E-state index contributed by atoms with van der Waals surface area (Å²) in [6, 6.07) is 8.43. The van der Waals surface area contributed by atoms with Crippen molar-refractivity contribution in [1.82, 2.24) is 9.88 Å². The summed E-state index contributed by atoms with van der Waals surface area (Å²) in [5, 5.41) is 1.22. The highest BCUT2D eigenvalue weighted by molar-refractivity contribution is 5.91. The van der Waals surface area contributed by atoms with Crippen molar-refractivity contribution in [3.63, 3.8) is 0 Å². The lowest BCUT2D eigenvalue weighted by molar-refractivity contribution is -0.165. The maximum atomic E-state index is 13.6. The summed E-state index contributed by atoms with van der Waals surface area (Å²) in [6.07, 6.45) is 3.63. The fourth-order valence-corrected chi connectivity index (χ4v) is 6.50. The van der Waals surface area contributed by atoms with E-state index < -0.39 is 5.41 Å². The number of carbonyl (C=O) groups excluding carboxylic acids is 2. The molecular weight excluding hydrogens is 368 g/mol. The van der Waals surface area contributed by atoms with Crippen molar-refractivity contribution in [3.8, 4) is 0 Å². The molecule has 1 saturated carbocycles. The first-order chi connectivity index (χ1) is 14.2. The highest BCUT2D eigenvalue weighted by Crippen LogP contribution is 2.55. The number of H-pyrrole nitrogens is 1. The van der Waals surface area contributed by atoms with Gasteiger partial charge in [-0.3, -0.25) is 14.5 Å². The van der Waals surface area contributed by atoms with Crippen molar-refractivity contribution >= 4 is 23.3 Å². The van der Waals surface area contributed by atoms with E-state index in [2.05, 4.69) is 28.1 Å². The van der Waals surface area contributed by atoms with Crippen LogP contribution in [0.2, 0.25) is 0 Å².